The van der Waals surface area contributed by atoms with E-state index >= 15 is 0 Å². The fourth-order valence-corrected chi connectivity index (χ4v) is 3.40. The highest BCUT2D eigenvalue weighted by molar-refractivity contribution is 5.99. The molecule has 0 bridgehead atoms. The molecule has 2 aliphatic heterocycles. The summed E-state index contributed by atoms with van der Waals surface area (Å²) in [6.07, 6.45) is 6.19. The van der Waals surface area contributed by atoms with E-state index in [1.807, 2.05) is 24.3 Å². The van der Waals surface area contributed by atoms with Gasteiger partial charge in [0.2, 0.25) is 11.6 Å². The maximum absolute atomic E-state index is 12.5. The standard InChI is InChI=1S/C18H25N2O/c1-15-7-9-16(10-8-15)17(21)14-20-13-5-12-19-11-4-2-3-6-18(19)20/h7-10H,2-6,11-14H2,1H3/q+1. The molecule has 0 radical (unpaired) electrons. The van der Waals surface area contributed by atoms with Gasteiger partial charge < -0.3 is 0 Å². The van der Waals surface area contributed by atoms with E-state index in [1.165, 1.54) is 50.2 Å². The van der Waals surface area contributed by atoms with Gasteiger partial charge in [-0.05, 0) is 26.2 Å². The Kier molecular flexibility index (Phi) is 4.37. The second-order valence-electron chi connectivity index (χ2n) is 6.28. The highest BCUT2D eigenvalue weighted by Crippen LogP contribution is 2.16. The van der Waals surface area contributed by atoms with E-state index < -0.39 is 0 Å². The molecule has 0 aliphatic carbocycles. The number of nitrogens with zero attached hydrogens (tertiary/aromatic N) is 2. The summed E-state index contributed by atoms with van der Waals surface area (Å²) in [5.74, 6) is 1.66. The van der Waals surface area contributed by atoms with Crippen LogP contribution in [0.4, 0.5) is 0 Å². The van der Waals surface area contributed by atoms with E-state index in [-0.39, 0.29) is 5.78 Å². The minimum atomic E-state index is 0.244. The van der Waals surface area contributed by atoms with Crippen LogP contribution in [0.5, 0.6) is 0 Å². The zero-order chi connectivity index (χ0) is 14.7. The number of benzene rings is 1. The van der Waals surface area contributed by atoms with E-state index in [0.717, 1.165) is 18.5 Å². The van der Waals surface area contributed by atoms with Crippen LogP contribution < -0.4 is 0 Å². The normalized spacial score (nSPS) is 19.2. The largest absolute Gasteiger partial charge is 0.290 e. The quantitative estimate of drug-likeness (QED) is 0.630. The minimum Gasteiger partial charge on any atom is -0.290 e. The van der Waals surface area contributed by atoms with Crippen molar-refractivity contribution in [3.05, 3.63) is 35.4 Å². The van der Waals surface area contributed by atoms with Crippen LogP contribution in [0.3, 0.4) is 0 Å². The predicted molar refractivity (Wildman–Crippen MR) is 85.2 cm³/mol. The van der Waals surface area contributed by atoms with Crippen LogP contribution in [0.2, 0.25) is 0 Å². The first kappa shape index (κ1) is 14.3. The number of aryl methyl sites for hydroxylation is 1. The molecule has 2 aliphatic rings. The number of hydrogen-bond donors (Lipinski definition) is 0. The van der Waals surface area contributed by atoms with Gasteiger partial charge in [-0.2, -0.15) is 0 Å². The van der Waals surface area contributed by atoms with E-state index in [4.69, 9.17) is 0 Å². The molecule has 1 aromatic carbocycles. The Hall–Kier alpha value is -1.64. The number of rotatable bonds is 3. The maximum atomic E-state index is 12.5. The molecule has 0 aromatic heterocycles. The predicted octanol–water partition coefficient (Wildman–Crippen LogP) is 2.87. The molecule has 0 amide bonds. The summed E-state index contributed by atoms with van der Waals surface area (Å²) in [5, 5.41) is 0. The molecular formula is C18H25N2O+. The van der Waals surface area contributed by atoms with Crippen molar-refractivity contribution >= 4 is 11.6 Å². The lowest BCUT2D eigenvalue weighted by atomic mass is 10.1. The molecule has 0 saturated heterocycles. The summed E-state index contributed by atoms with van der Waals surface area (Å²) >= 11 is 0. The second kappa shape index (κ2) is 6.42. The van der Waals surface area contributed by atoms with Crippen LogP contribution in [0.1, 0.15) is 48.0 Å². The lowest BCUT2D eigenvalue weighted by Gasteiger charge is -2.25. The molecule has 0 N–H and O–H groups in total. The Balaban J connectivity index is 1.74. The highest BCUT2D eigenvalue weighted by Gasteiger charge is 2.30. The van der Waals surface area contributed by atoms with Crippen molar-refractivity contribution in [3.63, 3.8) is 0 Å². The van der Waals surface area contributed by atoms with Crippen molar-refractivity contribution in [1.82, 2.24) is 4.90 Å². The van der Waals surface area contributed by atoms with E-state index in [2.05, 4.69) is 16.4 Å². The van der Waals surface area contributed by atoms with Gasteiger partial charge in [-0.15, -0.1) is 0 Å². The molecule has 3 heteroatoms. The molecule has 3 rings (SSSR count). The second-order valence-corrected chi connectivity index (χ2v) is 6.28. The van der Waals surface area contributed by atoms with Crippen molar-refractivity contribution in [1.29, 1.82) is 0 Å². The number of carbonyl (C=O) groups is 1. The third-order valence-corrected chi connectivity index (χ3v) is 4.62. The summed E-state index contributed by atoms with van der Waals surface area (Å²) < 4.78 is 2.51. The van der Waals surface area contributed by atoms with Crippen molar-refractivity contribution in [2.75, 3.05) is 26.2 Å². The van der Waals surface area contributed by atoms with Gasteiger partial charge in [0.05, 0.1) is 19.6 Å². The van der Waals surface area contributed by atoms with Crippen LogP contribution in [-0.4, -0.2) is 47.3 Å². The Bertz CT molecular complexity index is 545. The van der Waals surface area contributed by atoms with Gasteiger partial charge in [-0.3, -0.25) is 14.3 Å². The first-order valence-corrected chi connectivity index (χ1v) is 8.19. The molecule has 3 nitrogen and oxygen atoms in total. The fourth-order valence-electron chi connectivity index (χ4n) is 3.40. The fraction of sp³-hybridized carbons (Fsp3) is 0.556. The number of ketones is 1. The van der Waals surface area contributed by atoms with Crippen molar-refractivity contribution < 1.29 is 9.37 Å². The molecule has 1 aromatic rings. The zero-order valence-corrected chi connectivity index (χ0v) is 13.0. The Morgan fingerprint density at radius 3 is 2.67 bits per heavy atom. The van der Waals surface area contributed by atoms with Crippen LogP contribution in [0.15, 0.2) is 24.3 Å². The maximum Gasteiger partial charge on any atom is 0.247 e. The molecule has 0 saturated carbocycles. The van der Waals surface area contributed by atoms with Crippen LogP contribution in [0, 0.1) is 6.92 Å². The molecule has 0 unspecified atom stereocenters. The van der Waals surface area contributed by atoms with E-state index in [1.54, 1.807) is 0 Å². The first-order chi connectivity index (χ1) is 10.2. The zero-order valence-electron chi connectivity index (χ0n) is 13.0. The Morgan fingerprint density at radius 1 is 1.10 bits per heavy atom. The smallest absolute Gasteiger partial charge is 0.247 e. The molecule has 0 fully saturated rings. The summed E-state index contributed by atoms with van der Waals surface area (Å²) in [6, 6.07) is 7.96. The van der Waals surface area contributed by atoms with Gasteiger partial charge in [-0.1, -0.05) is 29.8 Å². The molecule has 0 atom stereocenters. The van der Waals surface area contributed by atoms with E-state index in [0.29, 0.717) is 6.54 Å². The van der Waals surface area contributed by atoms with Crippen molar-refractivity contribution in [2.24, 2.45) is 0 Å². The third kappa shape index (κ3) is 3.34. The highest BCUT2D eigenvalue weighted by atomic mass is 16.1. The summed E-state index contributed by atoms with van der Waals surface area (Å²) in [5.41, 5.74) is 2.04. The average molecular weight is 285 g/mol. The Morgan fingerprint density at radius 2 is 1.86 bits per heavy atom. The van der Waals surface area contributed by atoms with Gasteiger partial charge in [-0.25, -0.2) is 0 Å². The number of amidine groups is 1. The summed E-state index contributed by atoms with van der Waals surface area (Å²) in [6.45, 7) is 5.96. The van der Waals surface area contributed by atoms with Crippen LogP contribution >= 0.6 is 0 Å². The number of Topliss-reactive ketones (excluding diaryl/α,β-unsaturated/α-hetero) is 1. The molecule has 0 spiro atoms. The lowest BCUT2D eigenvalue weighted by Crippen LogP contribution is -2.46. The number of carbonyl (C=O) groups excluding carboxylic acids is 1. The topological polar surface area (TPSA) is 23.3 Å². The van der Waals surface area contributed by atoms with Gasteiger partial charge in [0.15, 0.2) is 0 Å². The van der Waals surface area contributed by atoms with Crippen LogP contribution in [-0.2, 0) is 0 Å². The van der Waals surface area contributed by atoms with Crippen molar-refractivity contribution in [2.45, 2.75) is 39.0 Å². The summed E-state index contributed by atoms with van der Waals surface area (Å²) in [7, 11) is 0. The molecule has 112 valence electrons. The van der Waals surface area contributed by atoms with Gasteiger partial charge in [0, 0.05) is 18.4 Å². The number of hydrogen-bond acceptors (Lipinski definition) is 2. The third-order valence-electron chi connectivity index (χ3n) is 4.62. The summed E-state index contributed by atoms with van der Waals surface area (Å²) in [4.78, 5) is 14.8. The average Bonchev–Trinajstić information content (AvgIpc) is 2.74. The van der Waals surface area contributed by atoms with Gasteiger partial charge >= 0.3 is 0 Å². The lowest BCUT2D eigenvalue weighted by molar-refractivity contribution is -0.538. The SMILES string of the molecule is Cc1ccc(C(=O)CN2CCC[N+]3=C2CCCCC3)cc1. The Labute approximate surface area is 127 Å². The minimum absolute atomic E-state index is 0.244. The first-order valence-electron chi connectivity index (χ1n) is 8.19. The van der Waals surface area contributed by atoms with Gasteiger partial charge in [0.25, 0.3) is 0 Å². The molecule has 21 heavy (non-hydrogen) atoms. The van der Waals surface area contributed by atoms with E-state index in [9.17, 15) is 4.79 Å². The van der Waals surface area contributed by atoms with Gasteiger partial charge in [0.1, 0.15) is 6.54 Å². The monoisotopic (exact) mass is 285 g/mol. The molecule has 2 heterocycles. The molecular weight excluding hydrogens is 260 g/mol. The van der Waals surface area contributed by atoms with Crippen LogP contribution in [0.25, 0.3) is 0 Å². The van der Waals surface area contributed by atoms with Crippen molar-refractivity contribution in [3.8, 4) is 0 Å².